The molecule has 2 aromatic carbocycles. The van der Waals surface area contributed by atoms with Gasteiger partial charge in [-0.15, -0.1) is 10.2 Å². The van der Waals surface area contributed by atoms with Crippen LogP contribution in [0.25, 0.3) is 12.2 Å². The van der Waals surface area contributed by atoms with Gasteiger partial charge in [0, 0.05) is 0 Å². The molecule has 0 radical (unpaired) electrons. The Morgan fingerprint density at radius 2 is 0.978 bits per heavy atom. The van der Waals surface area contributed by atoms with Crippen LogP contribution in [0.3, 0.4) is 0 Å². The third-order valence-electron chi connectivity index (χ3n) is 5.46. The summed E-state index contributed by atoms with van der Waals surface area (Å²) in [6.45, 7) is 0. The van der Waals surface area contributed by atoms with Crippen molar-refractivity contribution in [3.63, 3.8) is 0 Å². The molecule has 20 nitrogen and oxygen atoms in total. The average Bonchev–Trinajstić information content (AvgIpc) is 3.50. The first-order valence-electron chi connectivity index (χ1n) is 11.4. The number of nitrogens with one attached hydrogen (secondary N) is 4. The maximum atomic E-state index is 12.1. The number of rotatable bonds is 10. The zero-order chi connectivity index (χ0) is 32.4. The van der Waals surface area contributed by atoms with Gasteiger partial charge in [-0.3, -0.25) is 39.1 Å². The molecule has 228 valence electrons. The van der Waals surface area contributed by atoms with Crippen molar-refractivity contribution in [2.45, 2.75) is 9.79 Å². The summed E-state index contributed by atoms with van der Waals surface area (Å²) in [7, 11) is -9.88. The summed E-state index contributed by atoms with van der Waals surface area (Å²) in [5, 5.41) is 40.7. The van der Waals surface area contributed by atoms with Crippen LogP contribution in [0.4, 0.5) is 22.7 Å². The standard InChI is InChI=1S/C22H16N8O12S2.Na/c31-19-15(17(21(33)34)27-29-19)25-23-11-5-3-9(13(7-11)43(37,38)39)1-2-10-4-6-12(8-14(10)44(40,41)42)24-26-16-18(22(35)36)28-30-20(16)32;/h1-8H,(H,33,34)(H,35,36)(H2,27,29,31)(H2,28,30,32)(H,37,38,39)(H,40,41,42);/q;+1/b2-1+,25-23?,26-24?;. The van der Waals surface area contributed by atoms with E-state index in [1.807, 2.05) is 10.2 Å². The van der Waals surface area contributed by atoms with Gasteiger partial charge >= 0.3 is 41.5 Å². The Morgan fingerprint density at radius 3 is 1.29 bits per heavy atom. The van der Waals surface area contributed by atoms with Crippen LogP contribution in [0.1, 0.15) is 32.1 Å². The minimum absolute atomic E-state index is 0. The van der Waals surface area contributed by atoms with Crippen molar-refractivity contribution >= 4 is 67.1 Å². The molecule has 0 spiro atoms. The largest absolute Gasteiger partial charge is 1.00 e. The predicted molar refractivity (Wildman–Crippen MR) is 147 cm³/mol. The fourth-order valence-corrected chi connectivity index (χ4v) is 4.90. The van der Waals surface area contributed by atoms with Crippen molar-refractivity contribution in [2.75, 3.05) is 0 Å². The molecule has 4 rings (SSSR count). The van der Waals surface area contributed by atoms with Crippen molar-refractivity contribution in [3.05, 3.63) is 79.6 Å². The number of carboxylic acid groups (broad SMARTS) is 2. The minimum Gasteiger partial charge on any atom is -0.476 e. The molecule has 0 saturated carbocycles. The van der Waals surface area contributed by atoms with Gasteiger partial charge in [0.25, 0.3) is 31.4 Å². The van der Waals surface area contributed by atoms with Gasteiger partial charge in [-0.05, 0) is 35.4 Å². The normalized spacial score (nSPS) is 12.2. The van der Waals surface area contributed by atoms with Gasteiger partial charge in [0.2, 0.25) is 0 Å². The fourth-order valence-electron chi connectivity index (χ4n) is 3.49. The number of nitrogens with zero attached hydrogens (tertiary/aromatic N) is 4. The van der Waals surface area contributed by atoms with E-state index in [4.69, 9.17) is 10.2 Å². The van der Waals surface area contributed by atoms with Crippen molar-refractivity contribution in [3.8, 4) is 0 Å². The van der Waals surface area contributed by atoms with Crippen LogP contribution in [0.15, 0.2) is 76.2 Å². The van der Waals surface area contributed by atoms with E-state index in [9.17, 15) is 45.1 Å². The van der Waals surface area contributed by atoms with Gasteiger partial charge in [0.05, 0.1) is 11.4 Å². The van der Waals surface area contributed by atoms with Crippen LogP contribution in [-0.4, -0.2) is 68.5 Å². The number of azo groups is 2. The van der Waals surface area contributed by atoms with Crippen LogP contribution < -0.4 is 40.7 Å². The molecule has 0 aliphatic rings. The van der Waals surface area contributed by atoms with E-state index in [0.717, 1.165) is 36.4 Å². The molecule has 8 N–H and O–H groups in total. The first-order chi connectivity index (χ1) is 20.6. The van der Waals surface area contributed by atoms with E-state index in [1.165, 1.54) is 12.1 Å². The molecule has 0 unspecified atom stereocenters. The number of aromatic nitrogens is 4. The number of hydrogen-bond donors (Lipinski definition) is 8. The van der Waals surface area contributed by atoms with E-state index in [1.54, 1.807) is 0 Å². The Morgan fingerprint density at radius 1 is 0.622 bits per heavy atom. The third kappa shape index (κ3) is 8.01. The average molecular weight is 672 g/mol. The Kier molecular flexibility index (Phi) is 10.3. The number of aromatic amines is 4. The molecule has 4 aromatic rings. The molecule has 2 heterocycles. The van der Waals surface area contributed by atoms with E-state index >= 15 is 0 Å². The fraction of sp³-hybridized carbons (Fsp3) is 0. The number of carbonyl (C=O) groups is 2. The second kappa shape index (κ2) is 13.4. The molecule has 0 atom stereocenters. The Labute approximate surface area is 271 Å². The number of H-pyrrole nitrogens is 4. The smallest absolute Gasteiger partial charge is 0.476 e. The zero-order valence-corrected chi connectivity index (χ0v) is 25.9. The van der Waals surface area contributed by atoms with Crippen LogP contribution >= 0.6 is 0 Å². The van der Waals surface area contributed by atoms with Crippen LogP contribution in [0.5, 0.6) is 0 Å². The maximum absolute atomic E-state index is 12.1. The first-order valence-corrected chi connectivity index (χ1v) is 14.3. The van der Waals surface area contributed by atoms with Crippen LogP contribution in [-0.2, 0) is 20.2 Å². The van der Waals surface area contributed by atoms with E-state index in [-0.39, 0.29) is 52.1 Å². The predicted octanol–water partition coefficient (Wildman–Crippen LogP) is -0.386. The van der Waals surface area contributed by atoms with Gasteiger partial charge in [-0.1, -0.05) is 24.3 Å². The summed E-state index contributed by atoms with van der Waals surface area (Å²) in [6.07, 6.45) is 2.13. The van der Waals surface area contributed by atoms with Gasteiger partial charge < -0.3 is 10.2 Å². The Balaban J connectivity index is 0.00000552. The Hall–Kier alpha value is -4.84. The van der Waals surface area contributed by atoms with Gasteiger partial charge in [-0.2, -0.15) is 27.1 Å². The molecule has 0 fully saturated rings. The van der Waals surface area contributed by atoms with E-state index < -0.39 is 75.8 Å². The molecule has 45 heavy (non-hydrogen) atoms. The summed E-state index contributed by atoms with van der Waals surface area (Å²) >= 11 is 0. The summed E-state index contributed by atoms with van der Waals surface area (Å²) in [4.78, 5) is 44.4. The maximum Gasteiger partial charge on any atom is 1.00 e. The number of aromatic carboxylic acids is 2. The number of benzene rings is 2. The molecule has 0 aliphatic heterocycles. The van der Waals surface area contributed by atoms with Crippen molar-refractivity contribution < 1.29 is 75.3 Å². The topological polar surface area (TPSA) is 330 Å². The molecule has 0 aliphatic carbocycles. The van der Waals surface area contributed by atoms with Crippen molar-refractivity contribution in [1.82, 2.24) is 20.4 Å². The second-order valence-corrected chi connectivity index (χ2v) is 11.1. The van der Waals surface area contributed by atoms with Crippen molar-refractivity contribution in [1.29, 1.82) is 0 Å². The molecule has 0 bridgehead atoms. The van der Waals surface area contributed by atoms with Crippen molar-refractivity contribution in [2.24, 2.45) is 20.5 Å². The molecule has 0 saturated heterocycles. The zero-order valence-electron chi connectivity index (χ0n) is 22.3. The van der Waals surface area contributed by atoms with Crippen LogP contribution in [0.2, 0.25) is 0 Å². The summed E-state index contributed by atoms with van der Waals surface area (Å²) in [5.41, 5.74) is -5.16. The van der Waals surface area contributed by atoms with Crippen LogP contribution in [0, 0.1) is 0 Å². The van der Waals surface area contributed by atoms with E-state index in [2.05, 4.69) is 30.7 Å². The van der Waals surface area contributed by atoms with Gasteiger partial charge in [-0.25, -0.2) is 9.59 Å². The van der Waals surface area contributed by atoms with Gasteiger partial charge in [0.15, 0.2) is 22.8 Å². The quantitative estimate of drug-likeness (QED) is 0.0463. The second-order valence-electron chi connectivity index (χ2n) is 8.34. The summed E-state index contributed by atoms with van der Waals surface area (Å²) < 4.78 is 67.8. The molecule has 2 aromatic heterocycles. The molecule has 0 amide bonds. The SMILES string of the molecule is O=C(O)c1[nH][nH]c(=O)c1N=Nc1ccc(/C=C/c2ccc(N=Nc3c(C(=O)O)[nH][nH]c3=O)cc2S(=O)(=O)O)c(S(=O)(=O)O)c1.[Na+]. The Bertz CT molecular complexity index is 2090. The number of carboxylic acids is 2. The molecular formula is C22H16N8NaO12S2+. The van der Waals surface area contributed by atoms with Gasteiger partial charge in [0.1, 0.15) is 9.79 Å². The number of hydrogen-bond acceptors (Lipinski definition) is 12. The molecule has 23 heteroatoms. The first kappa shape index (κ1) is 34.6. The summed E-state index contributed by atoms with van der Waals surface area (Å²) in [5.74, 6) is -3.06. The summed E-state index contributed by atoms with van der Waals surface area (Å²) in [6, 6.07) is 6.28. The third-order valence-corrected chi connectivity index (χ3v) is 7.28. The minimum atomic E-state index is -4.94. The molecular weight excluding hydrogens is 655 g/mol. The monoisotopic (exact) mass is 671 g/mol. The van der Waals surface area contributed by atoms with E-state index in [0.29, 0.717) is 0 Å².